The van der Waals surface area contributed by atoms with Crippen LogP contribution in [0.1, 0.15) is 45.1 Å². The summed E-state index contributed by atoms with van der Waals surface area (Å²) >= 11 is 6.44. The maximum Gasteiger partial charge on any atom is 0.256 e. The smallest absolute Gasteiger partial charge is 0.256 e. The number of morpholine rings is 1. The Kier molecular flexibility index (Phi) is 10.0. The molecule has 2 fully saturated rings. The van der Waals surface area contributed by atoms with Crippen molar-refractivity contribution in [3.63, 3.8) is 0 Å². The number of nitriles is 1. The van der Waals surface area contributed by atoms with E-state index < -0.39 is 0 Å². The highest BCUT2D eigenvalue weighted by atomic mass is 35.5. The van der Waals surface area contributed by atoms with Crippen molar-refractivity contribution in [1.29, 1.82) is 5.26 Å². The summed E-state index contributed by atoms with van der Waals surface area (Å²) in [6.45, 7) is 6.41. The van der Waals surface area contributed by atoms with Gasteiger partial charge in [0.15, 0.2) is 0 Å². The number of nitrogens with zero attached hydrogens (tertiary/aromatic N) is 9. The Labute approximate surface area is 267 Å². The number of hydrogen-bond donors (Lipinski definition) is 1. The van der Waals surface area contributed by atoms with Gasteiger partial charge >= 0.3 is 0 Å². The molecule has 236 valence electrons. The van der Waals surface area contributed by atoms with Gasteiger partial charge in [0, 0.05) is 37.1 Å². The summed E-state index contributed by atoms with van der Waals surface area (Å²) in [7, 11) is 0. The van der Waals surface area contributed by atoms with Crippen molar-refractivity contribution >= 4 is 23.2 Å². The van der Waals surface area contributed by atoms with Crippen LogP contribution in [0.4, 0.5) is 11.6 Å². The molecular weight excluding hydrogens is 596 g/mol. The van der Waals surface area contributed by atoms with E-state index in [1.807, 2.05) is 29.9 Å². The van der Waals surface area contributed by atoms with Gasteiger partial charge in [0.05, 0.1) is 49.5 Å². The Morgan fingerprint density at radius 3 is 2.62 bits per heavy atom. The minimum atomic E-state index is -0.174. The molecule has 1 aliphatic heterocycles. The molecule has 0 bridgehead atoms. The molecule has 3 aromatic heterocycles. The third-order valence-corrected chi connectivity index (χ3v) is 8.47. The maximum absolute atomic E-state index is 9.01. The molecule has 1 saturated heterocycles. The van der Waals surface area contributed by atoms with Crippen LogP contribution in [-0.2, 0) is 11.3 Å². The molecule has 0 radical (unpaired) electrons. The average molecular weight is 633 g/mol. The van der Waals surface area contributed by atoms with E-state index in [9.17, 15) is 0 Å². The fraction of sp³-hybridized carbons (Fsp3) is 0.484. The van der Waals surface area contributed by atoms with Crippen molar-refractivity contribution in [3.05, 3.63) is 54.5 Å². The summed E-state index contributed by atoms with van der Waals surface area (Å²) in [5, 5.41) is 21.7. The van der Waals surface area contributed by atoms with E-state index in [-0.39, 0.29) is 25.2 Å². The van der Waals surface area contributed by atoms with E-state index in [1.165, 1.54) is 6.33 Å². The van der Waals surface area contributed by atoms with Crippen LogP contribution in [0.3, 0.4) is 0 Å². The van der Waals surface area contributed by atoms with Gasteiger partial charge in [0.2, 0.25) is 5.95 Å². The van der Waals surface area contributed by atoms with Crippen LogP contribution in [-0.4, -0.2) is 84.5 Å². The van der Waals surface area contributed by atoms with Crippen LogP contribution in [0.2, 0.25) is 5.02 Å². The Morgan fingerprint density at radius 1 is 1.11 bits per heavy atom. The number of anilines is 2. The van der Waals surface area contributed by atoms with Gasteiger partial charge in [0.1, 0.15) is 36.8 Å². The molecule has 1 aliphatic carbocycles. The fourth-order valence-electron chi connectivity index (χ4n) is 5.86. The first-order chi connectivity index (χ1) is 22.1. The topological polar surface area (TPSA) is 141 Å². The lowest BCUT2D eigenvalue weighted by Gasteiger charge is -2.38. The fourth-order valence-corrected chi connectivity index (χ4v) is 6.02. The number of nitrogens with one attached hydrogen (secondary N) is 1. The largest absolute Gasteiger partial charge is 0.487 e. The first-order valence-electron chi connectivity index (χ1n) is 15.3. The molecule has 4 aromatic rings. The van der Waals surface area contributed by atoms with Crippen LogP contribution in [0.15, 0.2) is 49.4 Å². The molecule has 14 heteroatoms. The number of rotatable bonds is 12. The van der Waals surface area contributed by atoms with Gasteiger partial charge in [0.25, 0.3) is 5.88 Å². The quantitative estimate of drug-likeness (QED) is 0.213. The molecule has 45 heavy (non-hydrogen) atoms. The number of hydrogen-bond acceptors (Lipinski definition) is 11. The molecule has 13 nitrogen and oxygen atoms in total. The van der Waals surface area contributed by atoms with E-state index in [0.717, 1.165) is 63.1 Å². The van der Waals surface area contributed by atoms with Gasteiger partial charge in [-0.3, -0.25) is 9.58 Å². The molecule has 1 aromatic carbocycles. The Balaban J connectivity index is 1.12. The number of benzene rings is 1. The van der Waals surface area contributed by atoms with E-state index in [2.05, 4.69) is 36.3 Å². The summed E-state index contributed by atoms with van der Waals surface area (Å²) < 4.78 is 21.2. The van der Waals surface area contributed by atoms with Crippen molar-refractivity contribution < 1.29 is 14.2 Å². The van der Waals surface area contributed by atoms with Crippen molar-refractivity contribution in [2.24, 2.45) is 0 Å². The van der Waals surface area contributed by atoms with Crippen LogP contribution in [0.5, 0.6) is 11.6 Å². The lowest BCUT2D eigenvalue weighted by Crippen LogP contribution is -2.45. The van der Waals surface area contributed by atoms with Crippen LogP contribution in [0, 0.1) is 11.3 Å². The van der Waals surface area contributed by atoms with E-state index in [4.69, 9.17) is 36.2 Å². The highest BCUT2D eigenvalue weighted by Crippen LogP contribution is 2.35. The molecule has 6 rings (SSSR count). The highest BCUT2D eigenvalue weighted by molar-refractivity contribution is 6.32. The monoisotopic (exact) mass is 632 g/mol. The van der Waals surface area contributed by atoms with E-state index in [1.54, 1.807) is 29.5 Å². The van der Waals surface area contributed by atoms with Gasteiger partial charge in [-0.15, -0.1) is 5.10 Å². The van der Waals surface area contributed by atoms with Crippen LogP contribution < -0.4 is 14.8 Å². The van der Waals surface area contributed by atoms with Gasteiger partial charge < -0.3 is 19.5 Å². The Hall–Kier alpha value is -4.25. The molecular formula is C31H37ClN10O3. The summed E-state index contributed by atoms with van der Waals surface area (Å²) in [6, 6.07) is 8.58. The minimum Gasteiger partial charge on any atom is -0.487 e. The zero-order valence-electron chi connectivity index (χ0n) is 25.3. The standard InChI is InChI=1S/C31H37ClN10O3/c1-22(18-41-21-34-20-37-41)45-29-15-23(3-8-27(29)32)24-16-35-31(36-17-24)38-28-19-42(39-30(28)44-12-2-9-33)26-6-4-25(5-7-26)40-10-13-43-14-11-40/h3,8,15-17,19-22,25-26H,2,4-7,10-14,18H2,1H3,(H,35,36,38)/t22-,25?,26?/m0/s1. The lowest BCUT2D eigenvalue weighted by atomic mass is 9.90. The van der Waals surface area contributed by atoms with Gasteiger partial charge in [-0.25, -0.2) is 19.6 Å². The molecule has 4 heterocycles. The SMILES string of the molecule is C[C@@H](Cn1cncn1)Oc1cc(-c2cnc(Nc3cn(C4CCC(N5CCOCC5)CC4)nc3OCCC#N)nc2)ccc1Cl. The second-order valence-electron chi connectivity index (χ2n) is 11.3. The summed E-state index contributed by atoms with van der Waals surface area (Å²) in [6.07, 6.45) is 13.0. The van der Waals surface area contributed by atoms with Gasteiger partial charge in [-0.05, 0) is 50.3 Å². The Bertz CT molecular complexity index is 1560. The van der Waals surface area contributed by atoms with E-state index >= 15 is 0 Å². The third-order valence-electron chi connectivity index (χ3n) is 8.15. The molecule has 0 spiro atoms. The van der Waals surface area contributed by atoms with Crippen molar-refractivity contribution in [3.8, 4) is 28.8 Å². The Morgan fingerprint density at radius 2 is 1.89 bits per heavy atom. The van der Waals surface area contributed by atoms with E-state index in [0.29, 0.717) is 40.9 Å². The average Bonchev–Trinajstić information content (AvgIpc) is 3.73. The number of halogens is 1. The molecule has 1 atom stereocenters. The first kappa shape index (κ1) is 30.8. The molecule has 1 N–H and O–H groups in total. The zero-order chi connectivity index (χ0) is 31.0. The summed E-state index contributed by atoms with van der Waals surface area (Å²) in [5.74, 6) is 1.41. The third kappa shape index (κ3) is 7.89. The molecule has 0 unspecified atom stereocenters. The van der Waals surface area contributed by atoms with Gasteiger partial charge in [-0.1, -0.05) is 17.7 Å². The van der Waals surface area contributed by atoms with Crippen molar-refractivity contribution in [2.75, 3.05) is 38.2 Å². The van der Waals surface area contributed by atoms with Crippen LogP contribution >= 0.6 is 11.6 Å². The second-order valence-corrected chi connectivity index (χ2v) is 11.7. The van der Waals surface area contributed by atoms with Crippen molar-refractivity contribution in [1.82, 2.24) is 39.4 Å². The molecule has 1 saturated carbocycles. The minimum absolute atomic E-state index is 0.174. The molecule has 2 aliphatic rings. The predicted molar refractivity (Wildman–Crippen MR) is 168 cm³/mol. The zero-order valence-corrected chi connectivity index (χ0v) is 26.0. The van der Waals surface area contributed by atoms with Crippen molar-refractivity contribution in [2.45, 2.75) is 63.8 Å². The van der Waals surface area contributed by atoms with Crippen LogP contribution in [0.25, 0.3) is 11.1 Å². The predicted octanol–water partition coefficient (Wildman–Crippen LogP) is 4.90. The number of aromatic nitrogens is 7. The molecule has 0 amide bonds. The maximum atomic E-state index is 9.01. The number of ether oxygens (including phenoxy) is 3. The second kappa shape index (κ2) is 14.7. The lowest BCUT2D eigenvalue weighted by molar-refractivity contribution is 0.00503. The first-order valence-corrected chi connectivity index (χ1v) is 15.7. The highest BCUT2D eigenvalue weighted by Gasteiger charge is 2.29. The summed E-state index contributed by atoms with van der Waals surface area (Å²) in [4.78, 5) is 15.7. The van der Waals surface area contributed by atoms with Gasteiger partial charge in [-0.2, -0.15) is 10.4 Å². The normalized spacial score (nSPS) is 19.5. The summed E-state index contributed by atoms with van der Waals surface area (Å²) in [5.41, 5.74) is 2.35.